The molecule has 1 saturated heterocycles. The minimum atomic E-state index is -1.12. The Morgan fingerprint density at radius 1 is 1.10 bits per heavy atom. The minimum absolute atomic E-state index is 0.0183. The van der Waals surface area contributed by atoms with Crippen LogP contribution in [0.5, 0.6) is 5.75 Å². The number of para-hydroxylation sites is 1. The van der Waals surface area contributed by atoms with Crippen LogP contribution < -0.4 is 10.1 Å². The number of amides is 2. The molecule has 2 fully saturated rings. The Balaban J connectivity index is 1.59. The number of ether oxygens (including phenoxy) is 1. The van der Waals surface area contributed by atoms with Gasteiger partial charge in [0.2, 0.25) is 5.91 Å². The van der Waals surface area contributed by atoms with Crippen LogP contribution in [0.3, 0.4) is 0 Å². The van der Waals surface area contributed by atoms with Gasteiger partial charge in [-0.3, -0.25) is 9.59 Å². The summed E-state index contributed by atoms with van der Waals surface area (Å²) in [5.41, 5.74) is -0.242. The van der Waals surface area contributed by atoms with Crippen LogP contribution in [0, 0.1) is 5.92 Å². The fraction of sp³-hybridized carbons (Fsp3) is 0.417. The van der Waals surface area contributed by atoms with Crippen molar-refractivity contribution in [1.29, 1.82) is 0 Å². The van der Waals surface area contributed by atoms with E-state index in [1.54, 1.807) is 11.8 Å². The van der Waals surface area contributed by atoms with E-state index in [9.17, 15) is 14.7 Å². The normalized spacial score (nSPS) is 26.1. The van der Waals surface area contributed by atoms with Crippen molar-refractivity contribution in [2.24, 2.45) is 5.92 Å². The Morgan fingerprint density at radius 3 is 2.37 bits per heavy atom. The molecule has 2 aliphatic rings. The van der Waals surface area contributed by atoms with Crippen molar-refractivity contribution in [1.82, 2.24) is 10.2 Å². The first-order chi connectivity index (χ1) is 14.5. The van der Waals surface area contributed by atoms with Crippen molar-refractivity contribution in [3.05, 3.63) is 66.2 Å². The number of aliphatic hydroxyl groups is 1. The third-order valence-electron chi connectivity index (χ3n) is 5.99. The molecule has 0 bridgehead atoms. The Kier molecular flexibility index (Phi) is 5.77. The van der Waals surface area contributed by atoms with Crippen LogP contribution >= 0.6 is 0 Å². The Hall–Kier alpha value is -2.86. The number of nitrogens with one attached hydrogen (secondary N) is 1. The number of benzene rings is 2. The molecule has 6 heteroatoms. The maximum Gasteiger partial charge on any atom is 0.261 e. The third kappa shape index (κ3) is 4.49. The average Bonchev–Trinajstić information content (AvgIpc) is 3.60. The number of carbonyl (C=O) groups is 2. The molecule has 2 aromatic rings. The van der Waals surface area contributed by atoms with Crippen molar-refractivity contribution >= 4 is 11.8 Å². The molecule has 4 rings (SSSR count). The zero-order valence-electron chi connectivity index (χ0n) is 17.2. The van der Waals surface area contributed by atoms with E-state index in [0.29, 0.717) is 18.7 Å². The fourth-order valence-electron chi connectivity index (χ4n) is 4.06. The maximum atomic E-state index is 13.2. The lowest BCUT2D eigenvalue weighted by Crippen LogP contribution is -2.64. The highest BCUT2D eigenvalue weighted by atomic mass is 16.5. The summed E-state index contributed by atoms with van der Waals surface area (Å²) in [6.45, 7) is 2.03. The summed E-state index contributed by atoms with van der Waals surface area (Å²) in [6, 6.07) is 17.7. The van der Waals surface area contributed by atoms with Crippen LogP contribution in [0.1, 0.15) is 37.8 Å². The summed E-state index contributed by atoms with van der Waals surface area (Å²) >= 11 is 0. The van der Waals surface area contributed by atoms with Crippen molar-refractivity contribution < 1.29 is 19.4 Å². The van der Waals surface area contributed by atoms with Crippen LogP contribution in [0.25, 0.3) is 0 Å². The second-order valence-electron chi connectivity index (χ2n) is 8.41. The summed E-state index contributed by atoms with van der Waals surface area (Å²) in [5, 5.41) is 14.2. The molecule has 1 aliphatic carbocycles. The van der Waals surface area contributed by atoms with Crippen molar-refractivity contribution in [3.63, 3.8) is 0 Å². The predicted octanol–water partition coefficient (Wildman–Crippen LogP) is 2.68. The number of carbonyl (C=O) groups excluding carboxylic acids is 2. The van der Waals surface area contributed by atoms with E-state index in [1.165, 1.54) is 0 Å². The molecular weight excluding hydrogens is 380 g/mol. The molecule has 3 atom stereocenters. The largest absolute Gasteiger partial charge is 0.484 e. The van der Waals surface area contributed by atoms with Crippen LogP contribution in [0.15, 0.2) is 60.7 Å². The Morgan fingerprint density at radius 2 is 1.73 bits per heavy atom. The summed E-state index contributed by atoms with van der Waals surface area (Å²) in [4.78, 5) is 27.5. The predicted molar refractivity (Wildman–Crippen MR) is 113 cm³/mol. The van der Waals surface area contributed by atoms with E-state index in [4.69, 9.17) is 4.74 Å². The second kappa shape index (κ2) is 8.48. The third-order valence-corrected chi connectivity index (χ3v) is 5.99. The topological polar surface area (TPSA) is 78.9 Å². The Bertz CT molecular complexity index is 881. The lowest BCUT2D eigenvalue weighted by atomic mass is 9.79. The molecule has 158 valence electrons. The van der Waals surface area contributed by atoms with Gasteiger partial charge in [-0.1, -0.05) is 48.5 Å². The molecule has 0 aromatic heterocycles. The Labute approximate surface area is 176 Å². The van der Waals surface area contributed by atoms with E-state index >= 15 is 0 Å². The number of rotatable bonds is 6. The van der Waals surface area contributed by atoms with Crippen molar-refractivity contribution in [3.8, 4) is 5.75 Å². The number of nitrogens with zero attached hydrogens (tertiary/aromatic N) is 1. The van der Waals surface area contributed by atoms with Crippen LogP contribution in [-0.4, -0.2) is 46.6 Å². The van der Waals surface area contributed by atoms with Crippen LogP contribution in [-0.2, 0) is 9.59 Å². The van der Waals surface area contributed by atoms with Gasteiger partial charge in [0.05, 0.1) is 17.7 Å². The molecular formula is C24H28N2O4. The fourth-order valence-corrected chi connectivity index (χ4v) is 4.06. The first kappa shape index (κ1) is 20.4. The monoisotopic (exact) mass is 408 g/mol. The zero-order valence-corrected chi connectivity index (χ0v) is 17.2. The number of piperidine rings is 1. The van der Waals surface area contributed by atoms with Gasteiger partial charge in [0.15, 0.2) is 6.61 Å². The molecule has 1 heterocycles. The molecule has 2 amide bonds. The van der Waals surface area contributed by atoms with Crippen molar-refractivity contribution in [2.75, 3.05) is 13.2 Å². The zero-order chi connectivity index (χ0) is 21.1. The van der Waals surface area contributed by atoms with E-state index in [0.717, 1.165) is 18.4 Å². The lowest BCUT2D eigenvalue weighted by molar-refractivity contribution is -0.148. The standard InChI is InChI=1S/C24H28N2O4/c1-24(29)14-15-26(20(27)16-30-19-10-6-3-7-11-19)21(17-8-4-2-5-9-17)22(24)25-23(28)18-12-13-18/h2-11,18,21-22,29H,12-16H2,1H3,(H,25,28). The molecule has 30 heavy (non-hydrogen) atoms. The molecule has 3 unspecified atom stereocenters. The van der Waals surface area contributed by atoms with Gasteiger partial charge >= 0.3 is 0 Å². The first-order valence-corrected chi connectivity index (χ1v) is 10.5. The second-order valence-corrected chi connectivity index (χ2v) is 8.41. The molecule has 0 radical (unpaired) electrons. The summed E-state index contributed by atoms with van der Waals surface area (Å²) in [5.74, 6) is 0.430. The highest BCUT2D eigenvalue weighted by Crippen LogP contribution is 2.38. The smallest absolute Gasteiger partial charge is 0.261 e. The molecule has 1 aliphatic heterocycles. The number of hydrogen-bond donors (Lipinski definition) is 2. The SMILES string of the molecule is CC1(O)CCN(C(=O)COc2ccccc2)C(c2ccccc2)C1NC(=O)C1CC1. The quantitative estimate of drug-likeness (QED) is 0.770. The van der Waals surface area contributed by atoms with Gasteiger partial charge in [0.1, 0.15) is 5.75 Å². The molecule has 2 aromatic carbocycles. The molecule has 2 N–H and O–H groups in total. The average molecular weight is 408 g/mol. The molecule has 0 spiro atoms. The summed E-state index contributed by atoms with van der Waals surface area (Å²) in [6.07, 6.45) is 2.14. The van der Waals surface area contributed by atoms with Gasteiger partial charge in [-0.25, -0.2) is 0 Å². The van der Waals surface area contributed by atoms with Gasteiger partial charge in [0, 0.05) is 12.5 Å². The van der Waals surface area contributed by atoms with Gasteiger partial charge in [-0.05, 0) is 43.9 Å². The van der Waals surface area contributed by atoms with Gasteiger partial charge in [0.25, 0.3) is 5.91 Å². The van der Waals surface area contributed by atoms with Gasteiger partial charge in [-0.2, -0.15) is 0 Å². The van der Waals surface area contributed by atoms with E-state index in [2.05, 4.69) is 5.32 Å². The summed E-state index contributed by atoms with van der Waals surface area (Å²) < 4.78 is 5.68. The summed E-state index contributed by atoms with van der Waals surface area (Å²) in [7, 11) is 0. The van der Waals surface area contributed by atoms with Crippen molar-refractivity contribution in [2.45, 2.75) is 43.9 Å². The first-order valence-electron chi connectivity index (χ1n) is 10.5. The van der Waals surface area contributed by atoms with Gasteiger partial charge in [-0.15, -0.1) is 0 Å². The van der Waals surface area contributed by atoms with Crippen LogP contribution in [0.4, 0.5) is 0 Å². The number of likely N-dealkylation sites (tertiary alicyclic amines) is 1. The lowest BCUT2D eigenvalue weighted by Gasteiger charge is -2.49. The number of hydrogen-bond acceptors (Lipinski definition) is 4. The van der Waals surface area contributed by atoms with Gasteiger partial charge < -0.3 is 20.1 Å². The highest BCUT2D eigenvalue weighted by molar-refractivity contribution is 5.82. The molecule has 1 saturated carbocycles. The minimum Gasteiger partial charge on any atom is -0.484 e. The maximum absolute atomic E-state index is 13.2. The van der Waals surface area contributed by atoms with E-state index in [-0.39, 0.29) is 24.3 Å². The van der Waals surface area contributed by atoms with E-state index in [1.807, 2.05) is 60.7 Å². The molecule has 6 nitrogen and oxygen atoms in total. The van der Waals surface area contributed by atoms with Crippen LogP contribution in [0.2, 0.25) is 0 Å². The van der Waals surface area contributed by atoms with E-state index < -0.39 is 17.7 Å². The highest BCUT2D eigenvalue weighted by Gasteiger charge is 2.48.